The third kappa shape index (κ3) is 3.03. The molecule has 22 heavy (non-hydrogen) atoms. The summed E-state index contributed by atoms with van der Waals surface area (Å²) in [6.07, 6.45) is 2.60. The number of piperidine rings is 1. The van der Waals surface area contributed by atoms with Gasteiger partial charge in [0.25, 0.3) is 0 Å². The molecule has 0 unspecified atom stereocenters. The van der Waals surface area contributed by atoms with Gasteiger partial charge in [-0.3, -0.25) is 9.69 Å². The average Bonchev–Trinajstić information content (AvgIpc) is 2.85. The molecule has 1 aliphatic carbocycles. The normalized spacial score (nSPS) is 28.6. The first-order chi connectivity index (χ1) is 10.6. The van der Waals surface area contributed by atoms with Crippen molar-refractivity contribution in [3.8, 4) is 0 Å². The van der Waals surface area contributed by atoms with Crippen molar-refractivity contribution >= 4 is 5.91 Å². The molecule has 0 bridgehead atoms. The number of aliphatic hydroxyl groups is 1. The highest BCUT2D eigenvalue weighted by Gasteiger charge is 2.37. The summed E-state index contributed by atoms with van der Waals surface area (Å²) in [5.41, 5.74) is 2.33. The minimum absolute atomic E-state index is 0.0247. The molecule has 1 aromatic carbocycles. The van der Waals surface area contributed by atoms with Crippen molar-refractivity contribution in [1.82, 2.24) is 10.2 Å². The Morgan fingerprint density at radius 2 is 2.14 bits per heavy atom. The maximum Gasteiger partial charge on any atom is 0.222 e. The van der Waals surface area contributed by atoms with Crippen molar-refractivity contribution in [3.05, 3.63) is 35.4 Å². The summed E-state index contributed by atoms with van der Waals surface area (Å²) in [4.78, 5) is 14.3. The number of aliphatic hydroxyl groups excluding tert-OH is 1. The van der Waals surface area contributed by atoms with Gasteiger partial charge in [0.05, 0.1) is 6.10 Å². The molecule has 120 valence electrons. The van der Waals surface area contributed by atoms with Crippen LogP contribution in [0.1, 0.15) is 43.9 Å². The highest BCUT2D eigenvalue weighted by molar-refractivity contribution is 5.78. The second kappa shape index (κ2) is 6.39. The highest BCUT2D eigenvalue weighted by Crippen LogP contribution is 2.35. The first-order valence-electron chi connectivity index (χ1n) is 8.36. The fourth-order valence-corrected chi connectivity index (χ4v) is 3.67. The smallest absolute Gasteiger partial charge is 0.222 e. The summed E-state index contributed by atoms with van der Waals surface area (Å²) < 4.78 is 0. The molecule has 0 aromatic heterocycles. The predicted octanol–water partition coefficient (Wildman–Crippen LogP) is 1.88. The molecule has 0 spiro atoms. The number of rotatable bonds is 3. The lowest BCUT2D eigenvalue weighted by Gasteiger charge is -2.38. The van der Waals surface area contributed by atoms with Crippen molar-refractivity contribution < 1.29 is 9.90 Å². The molecule has 1 heterocycles. The molecule has 4 nitrogen and oxygen atoms in total. The number of nitrogens with zero attached hydrogens (tertiary/aromatic N) is 1. The molecule has 2 N–H and O–H groups in total. The van der Waals surface area contributed by atoms with E-state index in [0.29, 0.717) is 0 Å². The minimum atomic E-state index is -0.407. The first-order valence-corrected chi connectivity index (χ1v) is 8.36. The van der Waals surface area contributed by atoms with E-state index >= 15 is 0 Å². The average molecular weight is 302 g/mol. The van der Waals surface area contributed by atoms with Gasteiger partial charge in [0.15, 0.2) is 0 Å². The lowest BCUT2D eigenvalue weighted by molar-refractivity contribution is -0.125. The van der Waals surface area contributed by atoms with Gasteiger partial charge < -0.3 is 10.4 Å². The molecule has 1 aliphatic heterocycles. The van der Waals surface area contributed by atoms with Gasteiger partial charge in [0.2, 0.25) is 5.91 Å². The maximum atomic E-state index is 11.9. The van der Waals surface area contributed by atoms with Crippen molar-refractivity contribution in [2.24, 2.45) is 5.92 Å². The van der Waals surface area contributed by atoms with Crippen molar-refractivity contribution in [2.45, 2.75) is 51.3 Å². The Morgan fingerprint density at radius 1 is 1.36 bits per heavy atom. The molecule has 2 aliphatic rings. The fraction of sp³-hybridized carbons (Fsp3) is 0.611. The Morgan fingerprint density at radius 3 is 2.86 bits per heavy atom. The van der Waals surface area contributed by atoms with Crippen LogP contribution in [0.25, 0.3) is 0 Å². The molecule has 3 atom stereocenters. The summed E-state index contributed by atoms with van der Waals surface area (Å²) in [6, 6.07) is 8.53. The van der Waals surface area contributed by atoms with Crippen LogP contribution in [0.2, 0.25) is 0 Å². The second-order valence-electron chi connectivity index (χ2n) is 6.91. The van der Waals surface area contributed by atoms with Crippen LogP contribution in [-0.2, 0) is 11.2 Å². The highest BCUT2D eigenvalue weighted by atomic mass is 16.3. The minimum Gasteiger partial charge on any atom is -0.387 e. The second-order valence-corrected chi connectivity index (χ2v) is 6.91. The predicted molar refractivity (Wildman–Crippen MR) is 86.5 cm³/mol. The van der Waals surface area contributed by atoms with E-state index < -0.39 is 6.10 Å². The number of nitrogens with one attached hydrogen (secondary N) is 1. The standard InChI is InChI=1S/C18H26N2O2/c1-12(2)18(22)19-14-7-5-9-20(11-14)16-10-13-6-3-4-8-15(13)17(16)21/h3-4,6,8,12,14,16-17,21H,5,7,9-11H2,1-2H3,(H,19,22)/t14-,16-,17-/m1/s1. The zero-order chi connectivity index (χ0) is 15.7. The topological polar surface area (TPSA) is 52.6 Å². The van der Waals surface area contributed by atoms with E-state index in [2.05, 4.69) is 16.3 Å². The fourth-order valence-electron chi connectivity index (χ4n) is 3.67. The van der Waals surface area contributed by atoms with E-state index in [1.807, 2.05) is 32.0 Å². The third-order valence-electron chi connectivity index (χ3n) is 4.96. The Kier molecular flexibility index (Phi) is 4.50. The molecule has 1 aromatic rings. The van der Waals surface area contributed by atoms with Crippen LogP contribution < -0.4 is 5.32 Å². The molecule has 4 heteroatoms. The van der Waals surface area contributed by atoms with E-state index in [9.17, 15) is 9.90 Å². The molecule has 0 radical (unpaired) electrons. The van der Waals surface area contributed by atoms with E-state index in [1.165, 1.54) is 5.56 Å². The largest absolute Gasteiger partial charge is 0.387 e. The summed E-state index contributed by atoms with van der Waals surface area (Å²) >= 11 is 0. The van der Waals surface area contributed by atoms with Crippen LogP contribution in [0.15, 0.2) is 24.3 Å². The number of carbonyl (C=O) groups excluding carboxylic acids is 1. The van der Waals surface area contributed by atoms with Gasteiger partial charge >= 0.3 is 0 Å². The monoisotopic (exact) mass is 302 g/mol. The Hall–Kier alpha value is -1.39. The summed E-state index contributed by atoms with van der Waals surface area (Å²) in [5, 5.41) is 13.8. The van der Waals surface area contributed by atoms with Crippen LogP contribution in [0.4, 0.5) is 0 Å². The summed E-state index contributed by atoms with van der Waals surface area (Å²) in [6.45, 7) is 5.69. The van der Waals surface area contributed by atoms with E-state index in [0.717, 1.165) is 37.9 Å². The molecule has 1 saturated heterocycles. The van der Waals surface area contributed by atoms with Crippen LogP contribution >= 0.6 is 0 Å². The SMILES string of the molecule is CC(C)C(=O)N[C@@H]1CCCN([C@@H]2Cc3ccccc3[C@H]2O)C1. The number of carbonyl (C=O) groups is 1. The first kappa shape index (κ1) is 15.5. The van der Waals surface area contributed by atoms with Gasteiger partial charge in [-0.05, 0) is 36.9 Å². The number of likely N-dealkylation sites (tertiary alicyclic amines) is 1. The van der Waals surface area contributed by atoms with Gasteiger partial charge in [-0.15, -0.1) is 0 Å². The number of fused-ring (bicyclic) bond motifs is 1. The molecule has 3 rings (SSSR count). The van der Waals surface area contributed by atoms with Crippen LogP contribution in [0, 0.1) is 5.92 Å². The molecule has 0 saturated carbocycles. The summed E-state index contributed by atoms with van der Waals surface area (Å²) in [7, 11) is 0. The van der Waals surface area contributed by atoms with Crippen molar-refractivity contribution in [3.63, 3.8) is 0 Å². The Balaban J connectivity index is 1.65. The number of hydrogen-bond donors (Lipinski definition) is 2. The lowest BCUT2D eigenvalue weighted by atomic mass is 10.0. The molecule has 1 amide bonds. The number of hydrogen-bond acceptors (Lipinski definition) is 3. The van der Waals surface area contributed by atoms with Crippen molar-refractivity contribution in [1.29, 1.82) is 0 Å². The van der Waals surface area contributed by atoms with Crippen LogP contribution in [-0.4, -0.2) is 41.1 Å². The van der Waals surface area contributed by atoms with Gasteiger partial charge in [-0.25, -0.2) is 0 Å². The van der Waals surface area contributed by atoms with Crippen LogP contribution in [0.3, 0.4) is 0 Å². The Bertz CT molecular complexity index is 544. The molecular weight excluding hydrogens is 276 g/mol. The number of amides is 1. The van der Waals surface area contributed by atoms with Crippen molar-refractivity contribution in [2.75, 3.05) is 13.1 Å². The van der Waals surface area contributed by atoms with Gasteiger partial charge in [-0.1, -0.05) is 38.1 Å². The van der Waals surface area contributed by atoms with E-state index in [4.69, 9.17) is 0 Å². The van der Waals surface area contributed by atoms with Gasteiger partial charge in [0, 0.05) is 24.5 Å². The van der Waals surface area contributed by atoms with Gasteiger partial charge in [0.1, 0.15) is 0 Å². The zero-order valence-electron chi connectivity index (χ0n) is 13.5. The van der Waals surface area contributed by atoms with Gasteiger partial charge in [-0.2, -0.15) is 0 Å². The molecular formula is C18H26N2O2. The number of benzene rings is 1. The third-order valence-corrected chi connectivity index (χ3v) is 4.96. The summed E-state index contributed by atoms with van der Waals surface area (Å²) in [5.74, 6) is 0.152. The van der Waals surface area contributed by atoms with Crippen LogP contribution in [0.5, 0.6) is 0 Å². The lowest BCUT2D eigenvalue weighted by Crippen LogP contribution is -2.52. The van der Waals surface area contributed by atoms with E-state index in [1.54, 1.807) is 0 Å². The Labute approximate surface area is 132 Å². The quantitative estimate of drug-likeness (QED) is 0.896. The molecule has 1 fully saturated rings. The van der Waals surface area contributed by atoms with E-state index in [-0.39, 0.29) is 23.9 Å². The zero-order valence-corrected chi connectivity index (χ0v) is 13.5. The maximum absolute atomic E-state index is 11.9.